The molecular weight excluding hydrogens is 404 g/mol. The molecule has 0 aliphatic carbocycles. The van der Waals surface area contributed by atoms with Crippen molar-refractivity contribution in [1.29, 1.82) is 0 Å². The lowest BCUT2D eigenvalue weighted by Gasteiger charge is -2.24. The van der Waals surface area contributed by atoms with Crippen molar-refractivity contribution in [1.82, 2.24) is 0 Å². The Balaban J connectivity index is 1.62. The summed E-state index contributed by atoms with van der Waals surface area (Å²) in [6.07, 6.45) is 0.695. The Bertz CT molecular complexity index is 1160. The van der Waals surface area contributed by atoms with Crippen LogP contribution in [-0.4, -0.2) is 30.6 Å². The number of fused-ring (bicyclic) bond motifs is 1. The molecule has 1 atom stereocenters. The summed E-state index contributed by atoms with van der Waals surface area (Å²) in [5.41, 5.74) is 3.86. The van der Waals surface area contributed by atoms with E-state index >= 15 is 0 Å². The Morgan fingerprint density at radius 2 is 1.78 bits per heavy atom. The lowest BCUT2D eigenvalue weighted by atomic mass is 10.0. The fourth-order valence-electron chi connectivity index (χ4n) is 4.06. The summed E-state index contributed by atoms with van der Waals surface area (Å²) in [6, 6.07) is 19.8. The zero-order chi connectivity index (χ0) is 22.7. The predicted octanol–water partition coefficient (Wildman–Crippen LogP) is 4.73. The maximum atomic E-state index is 13.5. The molecule has 3 aromatic carbocycles. The average Bonchev–Trinajstić information content (AvgIpc) is 2.97. The molecule has 1 unspecified atom stereocenters. The van der Waals surface area contributed by atoms with E-state index in [1.165, 1.54) is 7.11 Å². The van der Waals surface area contributed by atoms with E-state index in [1.54, 1.807) is 29.2 Å². The smallest absolute Gasteiger partial charge is 0.262 e. The van der Waals surface area contributed by atoms with Crippen molar-refractivity contribution in [2.24, 2.45) is 0 Å². The molecule has 164 valence electrons. The van der Waals surface area contributed by atoms with E-state index in [2.05, 4.69) is 5.32 Å². The van der Waals surface area contributed by atoms with Gasteiger partial charge in [0.15, 0.2) is 0 Å². The highest BCUT2D eigenvalue weighted by Crippen LogP contribution is 2.35. The molecule has 2 N–H and O–H groups in total. The maximum absolute atomic E-state index is 13.5. The third kappa shape index (κ3) is 4.22. The number of hydrogen-bond donors (Lipinski definition) is 2. The number of para-hydroxylation sites is 1. The van der Waals surface area contributed by atoms with Crippen molar-refractivity contribution in [3.63, 3.8) is 0 Å². The number of rotatable bonds is 4. The SMILES string of the molecule is COc1cc(NC(=O)c2ccccc2C)ccc1C(=O)N1CCCC(O)c2ccccc21. The van der Waals surface area contributed by atoms with E-state index in [0.717, 1.165) is 11.1 Å². The lowest BCUT2D eigenvalue weighted by Crippen LogP contribution is -2.32. The number of nitrogens with zero attached hydrogens (tertiary/aromatic N) is 1. The van der Waals surface area contributed by atoms with Crippen LogP contribution in [0.1, 0.15) is 50.8 Å². The van der Waals surface area contributed by atoms with Gasteiger partial charge < -0.3 is 20.1 Å². The number of benzene rings is 3. The van der Waals surface area contributed by atoms with Gasteiger partial charge in [-0.15, -0.1) is 0 Å². The number of carbonyl (C=O) groups is 2. The summed E-state index contributed by atoms with van der Waals surface area (Å²) in [6.45, 7) is 2.38. The van der Waals surface area contributed by atoms with Crippen LogP contribution < -0.4 is 15.0 Å². The number of amides is 2. The largest absolute Gasteiger partial charge is 0.496 e. The van der Waals surface area contributed by atoms with Crippen molar-refractivity contribution in [2.45, 2.75) is 25.9 Å². The minimum Gasteiger partial charge on any atom is -0.496 e. The number of hydrogen-bond acceptors (Lipinski definition) is 4. The molecule has 3 aromatic rings. The highest BCUT2D eigenvalue weighted by molar-refractivity contribution is 6.09. The molecular formula is C26H26N2O4. The normalized spacial score (nSPS) is 15.5. The zero-order valence-corrected chi connectivity index (χ0v) is 18.2. The third-order valence-electron chi connectivity index (χ3n) is 5.77. The number of nitrogens with one attached hydrogen (secondary N) is 1. The Labute approximate surface area is 187 Å². The van der Waals surface area contributed by atoms with Gasteiger partial charge in [0.2, 0.25) is 0 Å². The van der Waals surface area contributed by atoms with Crippen LogP contribution in [0.15, 0.2) is 66.7 Å². The average molecular weight is 431 g/mol. The van der Waals surface area contributed by atoms with Gasteiger partial charge in [0.05, 0.1) is 18.8 Å². The van der Waals surface area contributed by atoms with Gasteiger partial charge in [-0.05, 0) is 49.6 Å². The number of anilines is 2. The minimum atomic E-state index is -0.593. The highest BCUT2D eigenvalue weighted by atomic mass is 16.5. The van der Waals surface area contributed by atoms with Crippen LogP contribution in [0.2, 0.25) is 0 Å². The molecule has 0 bridgehead atoms. The van der Waals surface area contributed by atoms with Crippen LogP contribution >= 0.6 is 0 Å². The van der Waals surface area contributed by atoms with E-state index in [1.807, 2.05) is 49.4 Å². The van der Waals surface area contributed by atoms with Crippen molar-refractivity contribution in [3.05, 3.63) is 89.0 Å². The van der Waals surface area contributed by atoms with Crippen LogP contribution in [0.5, 0.6) is 5.75 Å². The first-order chi connectivity index (χ1) is 15.5. The van der Waals surface area contributed by atoms with E-state index in [4.69, 9.17) is 4.74 Å². The van der Waals surface area contributed by atoms with Crippen molar-refractivity contribution in [2.75, 3.05) is 23.9 Å². The highest BCUT2D eigenvalue weighted by Gasteiger charge is 2.27. The number of aliphatic hydroxyl groups is 1. The number of methoxy groups -OCH3 is 1. The summed E-state index contributed by atoms with van der Waals surface area (Å²) in [7, 11) is 1.50. The minimum absolute atomic E-state index is 0.208. The molecule has 4 rings (SSSR count). The molecule has 32 heavy (non-hydrogen) atoms. The van der Waals surface area contributed by atoms with Crippen LogP contribution in [0.25, 0.3) is 0 Å². The quantitative estimate of drug-likeness (QED) is 0.627. The molecule has 0 spiro atoms. The molecule has 6 heteroatoms. The van der Waals surface area contributed by atoms with Gasteiger partial charge in [0.1, 0.15) is 5.75 Å². The number of carbonyl (C=O) groups excluding carboxylic acids is 2. The van der Waals surface area contributed by atoms with Crippen molar-refractivity contribution in [3.8, 4) is 5.75 Å². The van der Waals surface area contributed by atoms with E-state index in [9.17, 15) is 14.7 Å². The van der Waals surface area contributed by atoms with Gasteiger partial charge in [-0.2, -0.15) is 0 Å². The standard InChI is InChI=1S/C26H26N2O4/c1-17-8-3-4-9-19(17)25(30)27-18-13-14-21(24(16-18)32-2)26(31)28-15-7-12-23(29)20-10-5-6-11-22(20)28/h3-6,8-11,13-14,16,23,29H,7,12,15H2,1-2H3,(H,27,30). The van der Waals surface area contributed by atoms with Gasteiger partial charge in [-0.1, -0.05) is 36.4 Å². The van der Waals surface area contributed by atoms with Crippen molar-refractivity contribution < 1.29 is 19.4 Å². The van der Waals surface area contributed by atoms with Crippen LogP contribution in [-0.2, 0) is 0 Å². The molecule has 1 aliphatic rings. The Morgan fingerprint density at radius 3 is 2.56 bits per heavy atom. The molecule has 0 fully saturated rings. The fourth-order valence-corrected chi connectivity index (χ4v) is 4.06. The summed E-state index contributed by atoms with van der Waals surface area (Å²) in [5, 5.41) is 13.3. The fraction of sp³-hybridized carbons (Fsp3) is 0.231. The zero-order valence-electron chi connectivity index (χ0n) is 18.2. The first kappa shape index (κ1) is 21.6. The predicted molar refractivity (Wildman–Crippen MR) is 124 cm³/mol. The second-order valence-corrected chi connectivity index (χ2v) is 7.86. The van der Waals surface area contributed by atoms with Gasteiger partial charge >= 0.3 is 0 Å². The summed E-state index contributed by atoms with van der Waals surface area (Å²) < 4.78 is 5.50. The molecule has 2 amide bonds. The molecule has 6 nitrogen and oxygen atoms in total. The van der Waals surface area contributed by atoms with Crippen LogP contribution in [0.3, 0.4) is 0 Å². The molecule has 1 aliphatic heterocycles. The van der Waals surface area contributed by atoms with E-state index in [0.29, 0.717) is 47.6 Å². The van der Waals surface area contributed by atoms with Gasteiger partial charge in [-0.25, -0.2) is 0 Å². The molecule has 0 saturated heterocycles. The van der Waals surface area contributed by atoms with Gasteiger partial charge in [0, 0.05) is 35.1 Å². The second kappa shape index (κ2) is 9.24. The molecule has 0 aromatic heterocycles. The van der Waals surface area contributed by atoms with Crippen LogP contribution in [0.4, 0.5) is 11.4 Å². The maximum Gasteiger partial charge on any atom is 0.262 e. The summed E-state index contributed by atoms with van der Waals surface area (Å²) in [4.78, 5) is 27.8. The Kier molecular flexibility index (Phi) is 6.23. The molecule has 0 saturated carbocycles. The lowest BCUT2D eigenvalue weighted by molar-refractivity contribution is 0.0982. The number of aryl methyl sites for hydroxylation is 1. The second-order valence-electron chi connectivity index (χ2n) is 7.86. The topological polar surface area (TPSA) is 78.9 Å². The summed E-state index contributed by atoms with van der Waals surface area (Å²) in [5.74, 6) is -0.0558. The van der Waals surface area contributed by atoms with Crippen LogP contribution in [0, 0.1) is 6.92 Å². The molecule has 0 radical (unpaired) electrons. The van der Waals surface area contributed by atoms with Crippen molar-refractivity contribution >= 4 is 23.2 Å². The van der Waals surface area contributed by atoms with E-state index in [-0.39, 0.29) is 11.8 Å². The number of ether oxygens (including phenoxy) is 1. The monoisotopic (exact) mass is 430 g/mol. The first-order valence-electron chi connectivity index (χ1n) is 10.6. The summed E-state index contributed by atoms with van der Waals surface area (Å²) >= 11 is 0. The Hall–Kier alpha value is -3.64. The van der Waals surface area contributed by atoms with E-state index < -0.39 is 6.10 Å². The first-order valence-corrected chi connectivity index (χ1v) is 10.6. The van der Waals surface area contributed by atoms with Gasteiger partial charge in [-0.3, -0.25) is 9.59 Å². The van der Waals surface area contributed by atoms with Gasteiger partial charge in [0.25, 0.3) is 11.8 Å². The molecule has 1 heterocycles. The number of aliphatic hydroxyl groups excluding tert-OH is 1. The third-order valence-corrected chi connectivity index (χ3v) is 5.77. The Morgan fingerprint density at radius 1 is 1.03 bits per heavy atom.